The van der Waals surface area contributed by atoms with Gasteiger partial charge in [0.25, 0.3) is 0 Å². The number of nitriles is 1. The van der Waals surface area contributed by atoms with Crippen LogP contribution in [0.4, 0.5) is 0 Å². The molecule has 1 aromatic heterocycles. The number of para-hydroxylation sites is 1. The molecule has 22 heavy (non-hydrogen) atoms. The summed E-state index contributed by atoms with van der Waals surface area (Å²) in [5.41, 5.74) is 0.815. The zero-order valence-corrected chi connectivity index (χ0v) is 12.4. The fraction of sp³-hybridized carbons (Fsp3) is 0.267. The molecular formula is C15H15N3O4. The number of carboxylic acids is 1. The van der Waals surface area contributed by atoms with Crippen molar-refractivity contribution < 1.29 is 19.5 Å². The summed E-state index contributed by atoms with van der Waals surface area (Å²) < 4.78 is 6.68. The molecule has 0 bridgehead atoms. The second-order valence-electron chi connectivity index (χ2n) is 4.54. The number of hydrogen-bond donors (Lipinski definition) is 1. The zero-order valence-electron chi connectivity index (χ0n) is 12.4. The number of carboxylic acid groups (broad SMARTS) is 1. The van der Waals surface area contributed by atoms with Crippen molar-refractivity contribution in [3.8, 4) is 23.2 Å². The Hall–Kier alpha value is -3.01. The van der Waals surface area contributed by atoms with E-state index in [2.05, 4.69) is 4.98 Å². The van der Waals surface area contributed by atoms with Crippen molar-refractivity contribution in [3.05, 3.63) is 35.7 Å². The van der Waals surface area contributed by atoms with Crippen molar-refractivity contribution >= 4 is 5.97 Å². The summed E-state index contributed by atoms with van der Waals surface area (Å²) in [6, 6.07) is 8.92. The van der Waals surface area contributed by atoms with E-state index in [-0.39, 0.29) is 5.69 Å². The molecule has 0 aliphatic heterocycles. The summed E-state index contributed by atoms with van der Waals surface area (Å²) in [7, 11) is 1.36. The number of benzene rings is 1. The van der Waals surface area contributed by atoms with Crippen LogP contribution in [0.25, 0.3) is 11.4 Å². The van der Waals surface area contributed by atoms with Gasteiger partial charge in [-0.05, 0) is 26.0 Å². The molecule has 0 aliphatic carbocycles. The van der Waals surface area contributed by atoms with Gasteiger partial charge in [-0.25, -0.2) is 9.78 Å². The van der Waals surface area contributed by atoms with E-state index in [0.29, 0.717) is 22.8 Å². The minimum Gasteiger partial charge on any atom is -0.476 e. The van der Waals surface area contributed by atoms with Crippen LogP contribution in [0.5, 0.6) is 5.75 Å². The first-order chi connectivity index (χ1) is 10.5. The number of ether oxygens (including phenoxy) is 1. The summed E-state index contributed by atoms with van der Waals surface area (Å²) in [5.74, 6) is -0.406. The second-order valence-corrected chi connectivity index (χ2v) is 4.54. The number of aromatic carboxylic acids is 1. The van der Waals surface area contributed by atoms with Gasteiger partial charge in [-0.2, -0.15) is 9.99 Å². The number of rotatable bonds is 5. The molecule has 0 aliphatic rings. The Labute approximate surface area is 127 Å². The van der Waals surface area contributed by atoms with Crippen molar-refractivity contribution in [2.24, 2.45) is 0 Å². The molecule has 0 saturated carbocycles. The molecule has 0 radical (unpaired) electrons. The lowest BCUT2D eigenvalue weighted by molar-refractivity contribution is 0.0640. The molecular weight excluding hydrogens is 286 g/mol. The summed E-state index contributed by atoms with van der Waals surface area (Å²) >= 11 is 0. The Morgan fingerprint density at radius 2 is 2.14 bits per heavy atom. The SMILES string of the molecule is COn1c(-c2ccccc2OC(C)C#N)nc(C)c1C(=O)O. The van der Waals surface area contributed by atoms with E-state index in [1.54, 1.807) is 38.1 Å². The maximum absolute atomic E-state index is 11.3. The molecule has 1 aromatic carbocycles. The van der Waals surface area contributed by atoms with Crippen molar-refractivity contribution in [1.29, 1.82) is 5.26 Å². The molecule has 2 aromatic rings. The topological polar surface area (TPSA) is 97.4 Å². The Morgan fingerprint density at radius 1 is 1.45 bits per heavy atom. The van der Waals surface area contributed by atoms with Gasteiger partial charge in [0.2, 0.25) is 0 Å². The fourth-order valence-electron chi connectivity index (χ4n) is 2.07. The molecule has 114 valence electrons. The van der Waals surface area contributed by atoms with Crippen molar-refractivity contribution in [3.63, 3.8) is 0 Å². The van der Waals surface area contributed by atoms with Crippen LogP contribution in [0.15, 0.2) is 24.3 Å². The molecule has 0 spiro atoms. The van der Waals surface area contributed by atoms with E-state index in [1.807, 2.05) is 6.07 Å². The van der Waals surface area contributed by atoms with Crippen LogP contribution in [0.2, 0.25) is 0 Å². The van der Waals surface area contributed by atoms with Gasteiger partial charge < -0.3 is 14.7 Å². The van der Waals surface area contributed by atoms with Crippen molar-refractivity contribution in [2.45, 2.75) is 20.0 Å². The van der Waals surface area contributed by atoms with E-state index in [1.165, 1.54) is 7.11 Å². The standard InChI is InChI=1S/C15H15N3O4/c1-9(8-16)22-12-7-5-4-6-11(12)14-17-10(2)13(15(19)20)18(14)21-3/h4-7,9H,1-3H3,(H,19,20). The third kappa shape index (κ3) is 2.72. The average molecular weight is 301 g/mol. The Bertz CT molecular complexity index is 746. The minimum absolute atomic E-state index is 0.0550. The largest absolute Gasteiger partial charge is 0.476 e. The highest BCUT2D eigenvalue weighted by Gasteiger charge is 2.24. The van der Waals surface area contributed by atoms with Gasteiger partial charge >= 0.3 is 5.97 Å². The molecule has 0 saturated heterocycles. The predicted molar refractivity (Wildman–Crippen MR) is 77.6 cm³/mol. The lowest BCUT2D eigenvalue weighted by Gasteiger charge is -2.13. The predicted octanol–water partition coefficient (Wildman–Crippen LogP) is 1.91. The van der Waals surface area contributed by atoms with E-state index < -0.39 is 12.1 Å². The number of nitrogens with zero attached hydrogens (tertiary/aromatic N) is 3. The molecule has 1 N–H and O–H groups in total. The monoisotopic (exact) mass is 301 g/mol. The first-order valence-electron chi connectivity index (χ1n) is 6.52. The smallest absolute Gasteiger partial charge is 0.357 e. The number of carbonyl (C=O) groups is 1. The molecule has 7 nitrogen and oxygen atoms in total. The second kappa shape index (κ2) is 6.18. The minimum atomic E-state index is -1.14. The van der Waals surface area contributed by atoms with Gasteiger partial charge in [0, 0.05) is 0 Å². The number of aryl methyl sites for hydroxylation is 1. The molecule has 2 rings (SSSR count). The summed E-state index contributed by atoms with van der Waals surface area (Å²) in [6.07, 6.45) is -0.646. The molecule has 1 heterocycles. The van der Waals surface area contributed by atoms with Crippen LogP contribution in [0.3, 0.4) is 0 Å². The maximum atomic E-state index is 11.3. The molecule has 7 heteroatoms. The van der Waals surface area contributed by atoms with E-state index in [4.69, 9.17) is 14.8 Å². The number of aromatic nitrogens is 2. The highest BCUT2D eigenvalue weighted by molar-refractivity contribution is 5.88. The normalized spacial score (nSPS) is 11.5. The van der Waals surface area contributed by atoms with Crippen LogP contribution in [0, 0.1) is 18.3 Å². The third-order valence-corrected chi connectivity index (χ3v) is 3.01. The van der Waals surface area contributed by atoms with Crippen LogP contribution >= 0.6 is 0 Å². The Morgan fingerprint density at radius 3 is 2.73 bits per heavy atom. The van der Waals surface area contributed by atoms with Gasteiger partial charge in [0.05, 0.1) is 11.3 Å². The highest BCUT2D eigenvalue weighted by atomic mass is 16.6. The van der Waals surface area contributed by atoms with Crippen LogP contribution < -0.4 is 9.57 Å². The average Bonchev–Trinajstić information content (AvgIpc) is 2.84. The first-order valence-corrected chi connectivity index (χ1v) is 6.52. The Kier molecular flexibility index (Phi) is 4.32. The Balaban J connectivity index is 2.61. The molecule has 1 unspecified atom stereocenters. The van der Waals surface area contributed by atoms with Gasteiger partial charge in [-0.15, -0.1) is 0 Å². The van der Waals surface area contributed by atoms with Gasteiger partial charge in [0.15, 0.2) is 17.6 Å². The van der Waals surface area contributed by atoms with Crippen molar-refractivity contribution in [2.75, 3.05) is 7.11 Å². The third-order valence-electron chi connectivity index (χ3n) is 3.01. The van der Waals surface area contributed by atoms with Gasteiger partial charge in [0.1, 0.15) is 18.9 Å². The van der Waals surface area contributed by atoms with Gasteiger partial charge in [-0.3, -0.25) is 0 Å². The van der Waals surface area contributed by atoms with Crippen LogP contribution in [-0.4, -0.2) is 34.0 Å². The van der Waals surface area contributed by atoms with E-state index in [9.17, 15) is 9.90 Å². The fourth-order valence-corrected chi connectivity index (χ4v) is 2.07. The number of hydrogen-bond acceptors (Lipinski definition) is 5. The van der Waals surface area contributed by atoms with Gasteiger partial charge in [-0.1, -0.05) is 12.1 Å². The zero-order chi connectivity index (χ0) is 16.3. The highest BCUT2D eigenvalue weighted by Crippen LogP contribution is 2.31. The van der Waals surface area contributed by atoms with Crippen molar-refractivity contribution in [1.82, 2.24) is 9.71 Å². The summed E-state index contributed by atoms with van der Waals surface area (Å²) in [5, 5.41) is 18.2. The molecule has 0 amide bonds. The lowest BCUT2D eigenvalue weighted by atomic mass is 10.2. The lowest BCUT2D eigenvalue weighted by Crippen LogP contribution is -2.16. The number of imidazole rings is 1. The molecule has 1 atom stereocenters. The summed E-state index contributed by atoms with van der Waals surface area (Å²) in [4.78, 5) is 20.8. The molecule has 0 fully saturated rings. The maximum Gasteiger partial charge on any atom is 0.357 e. The first kappa shape index (κ1) is 15.4. The van der Waals surface area contributed by atoms with Crippen LogP contribution in [0.1, 0.15) is 23.1 Å². The van der Waals surface area contributed by atoms with E-state index in [0.717, 1.165) is 4.73 Å². The quantitative estimate of drug-likeness (QED) is 0.906. The summed E-state index contributed by atoms with van der Waals surface area (Å²) in [6.45, 7) is 3.21. The van der Waals surface area contributed by atoms with Crippen LogP contribution in [-0.2, 0) is 0 Å². The van der Waals surface area contributed by atoms with E-state index >= 15 is 0 Å².